The molecule has 0 heterocycles. The van der Waals surface area contributed by atoms with Crippen molar-refractivity contribution >= 4 is 17.6 Å². The lowest BCUT2D eigenvalue weighted by Crippen LogP contribution is -2.29. The summed E-state index contributed by atoms with van der Waals surface area (Å²) >= 11 is 0. The van der Waals surface area contributed by atoms with Crippen molar-refractivity contribution in [1.82, 2.24) is 5.32 Å². The van der Waals surface area contributed by atoms with Crippen LogP contribution in [0.1, 0.15) is 41.8 Å². The van der Waals surface area contributed by atoms with E-state index in [0.717, 1.165) is 28.9 Å². The number of ether oxygens (including phenoxy) is 1. The van der Waals surface area contributed by atoms with Gasteiger partial charge in [0, 0.05) is 24.4 Å². The highest BCUT2D eigenvalue weighted by Crippen LogP contribution is 2.31. The molecule has 3 N–H and O–H groups in total. The molecule has 9 heteroatoms. The maximum absolute atomic E-state index is 12.9. The molecule has 0 unspecified atom stereocenters. The third-order valence-corrected chi connectivity index (χ3v) is 5.89. The van der Waals surface area contributed by atoms with Crippen LogP contribution in [0, 0.1) is 5.92 Å². The lowest BCUT2D eigenvalue weighted by Gasteiger charge is -2.21. The second kappa shape index (κ2) is 13.8. The predicted octanol–water partition coefficient (Wildman–Crippen LogP) is 6.27. The Kier molecular flexibility index (Phi) is 10.5. The van der Waals surface area contributed by atoms with Crippen LogP contribution in [0.3, 0.4) is 0 Å². The van der Waals surface area contributed by atoms with Crippen molar-refractivity contribution in [2.45, 2.75) is 38.9 Å². The van der Waals surface area contributed by atoms with Crippen LogP contribution in [0.5, 0.6) is 0 Å². The minimum absolute atomic E-state index is 0.0566. The topological polar surface area (TPSA) is 87.7 Å². The van der Waals surface area contributed by atoms with Crippen molar-refractivity contribution < 1.29 is 32.6 Å². The summed E-state index contributed by atoms with van der Waals surface area (Å²) in [6, 6.07) is 19.6. The molecular formula is C30H33F3N2O4. The lowest BCUT2D eigenvalue weighted by atomic mass is 9.99. The first-order valence-corrected chi connectivity index (χ1v) is 12.7. The molecule has 39 heavy (non-hydrogen) atoms. The number of alkyl halides is 3. The van der Waals surface area contributed by atoms with Gasteiger partial charge >= 0.3 is 12.1 Å². The minimum atomic E-state index is -4.36. The van der Waals surface area contributed by atoms with E-state index in [9.17, 15) is 22.8 Å². The Hall–Kier alpha value is -3.85. The zero-order valence-electron chi connectivity index (χ0n) is 21.9. The maximum atomic E-state index is 12.9. The SMILES string of the molecule is CC(C)COC[C@H](Cc1ccc(-c2ccc(C(F)(F)F)cc2)cc1)Nc1ccc(C(=O)NCCC(=O)O)cc1. The predicted molar refractivity (Wildman–Crippen MR) is 145 cm³/mol. The fourth-order valence-electron chi connectivity index (χ4n) is 3.91. The van der Waals surface area contributed by atoms with Gasteiger partial charge in [-0.15, -0.1) is 0 Å². The smallest absolute Gasteiger partial charge is 0.416 e. The molecule has 0 aliphatic heterocycles. The number of anilines is 1. The van der Waals surface area contributed by atoms with Gasteiger partial charge < -0.3 is 20.5 Å². The highest BCUT2D eigenvalue weighted by Gasteiger charge is 2.30. The summed E-state index contributed by atoms with van der Waals surface area (Å²) < 4.78 is 44.5. The van der Waals surface area contributed by atoms with E-state index in [4.69, 9.17) is 9.84 Å². The van der Waals surface area contributed by atoms with Gasteiger partial charge in [-0.2, -0.15) is 13.2 Å². The zero-order chi connectivity index (χ0) is 28.4. The van der Waals surface area contributed by atoms with Gasteiger partial charge in [0.05, 0.1) is 24.6 Å². The molecule has 6 nitrogen and oxygen atoms in total. The highest BCUT2D eigenvalue weighted by atomic mass is 19.4. The zero-order valence-corrected chi connectivity index (χ0v) is 21.9. The largest absolute Gasteiger partial charge is 0.481 e. The standard InChI is InChI=1S/C30H33F3N2O4/c1-20(2)18-39-19-27(35-26-13-9-24(10-14-26)29(38)34-16-15-28(36)37)17-21-3-5-22(6-4-21)23-7-11-25(12-8-23)30(31,32)33/h3-14,20,27,35H,15-19H2,1-2H3,(H,34,38)(H,36,37)/t27-/m0/s1. The van der Waals surface area contributed by atoms with Crippen LogP contribution >= 0.6 is 0 Å². The van der Waals surface area contributed by atoms with Crippen LogP contribution in [0.25, 0.3) is 11.1 Å². The van der Waals surface area contributed by atoms with Crippen LogP contribution in [-0.2, 0) is 22.1 Å². The molecule has 0 saturated heterocycles. The number of rotatable bonds is 13. The van der Waals surface area contributed by atoms with E-state index in [0.29, 0.717) is 36.7 Å². The molecule has 208 valence electrons. The number of amides is 1. The lowest BCUT2D eigenvalue weighted by molar-refractivity contribution is -0.138. The second-order valence-electron chi connectivity index (χ2n) is 9.73. The molecule has 0 aliphatic carbocycles. The Labute approximate surface area is 226 Å². The van der Waals surface area contributed by atoms with Gasteiger partial charge in [-0.3, -0.25) is 9.59 Å². The van der Waals surface area contributed by atoms with Gasteiger partial charge in [0.15, 0.2) is 0 Å². The number of hydrogen-bond acceptors (Lipinski definition) is 4. The summed E-state index contributed by atoms with van der Waals surface area (Å²) in [4.78, 5) is 22.8. The summed E-state index contributed by atoms with van der Waals surface area (Å²) in [5.74, 6) is -0.935. The number of hydrogen-bond donors (Lipinski definition) is 3. The first-order chi connectivity index (χ1) is 18.5. The van der Waals surface area contributed by atoms with Crippen molar-refractivity contribution in [3.8, 4) is 11.1 Å². The molecule has 0 saturated carbocycles. The van der Waals surface area contributed by atoms with E-state index < -0.39 is 17.7 Å². The van der Waals surface area contributed by atoms with E-state index in [1.165, 1.54) is 12.1 Å². The number of nitrogens with one attached hydrogen (secondary N) is 2. The van der Waals surface area contributed by atoms with Crippen LogP contribution in [0.4, 0.5) is 18.9 Å². The normalized spacial score (nSPS) is 12.3. The van der Waals surface area contributed by atoms with Crippen LogP contribution in [0.2, 0.25) is 0 Å². The van der Waals surface area contributed by atoms with Gasteiger partial charge in [0.2, 0.25) is 0 Å². The summed E-state index contributed by atoms with van der Waals surface area (Å²) in [7, 11) is 0. The van der Waals surface area contributed by atoms with E-state index in [2.05, 4.69) is 24.5 Å². The molecular weight excluding hydrogens is 509 g/mol. The van der Waals surface area contributed by atoms with E-state index in [1.807, 2.05) is 24.3 Å². The van der Waals surface area contributed by atoms with E-state index >= 15 is 0 Å². The first-order valence-electron chi connectivity index (χ1n) is 12.7. The number of benzene rings is 3. The third kappa shape index (κ3) is 9.76. The number of carboxylic acid groups (broad SMARTS) is 1. The van der Waals surface area contributed by atoms with Crippen molar-refractivity contribution in [2.24, 2.45) is 5.92 Å². The molecule has 0 aromatic heterocycles. The summed E-state index contributed by atoms with van der Waals surface area (Å²) in [5.41, 5.74) is 3.12. The van der Waals surface area contributed by atoms with Crippen LogP contribution in [-0.4, -0.2) is 42.8 Å². The Morgan fingerprint density at radius 2 is 1.46 bits per heavy atom. The molecule has 0 spiro atoms. The second-order valence-corrected chi connectivity index (χ2v) is 9.73. The fraction of sp³-hybridized carbons (Fsp3) is 0.333. The molecule has 0 fully saturated rings. The van der Waals surface area contributed by atoms with Gasteiger partial charge in [-0.25, -0.2) is 0 Å². The Bertz CT molecular complexity index is 1210. The number of carbonyl (C=O) groups excluding carboxylic acids is 1. The summed E-state index contributed by atoms with van der Waals surface area (Å²) in [6.45, 7) is 5.27. The van der Waals surface area contributed by atoms with Crippen LogP contribution < -0.4 is 10.6 Å². The molecule has 0 bridgehead atoms. The number of carboxylic acids is 1. The van der Waals surface area contributed by atoms with Crippen molar-refractivity contribution in [3.63, 3.8) is 0 Å². The maximum Gasteiger partial charge on any atom is 0.416 e. The monoisotopic (exact) mass is 542 g/mol. The van der Waals surface area contributed by atoms with Gasteiger partial charge in [-0.05, 0) is 65.4 Å². The quantitative estimate of drug-likeness (QED) is 0.237. The van der Waals surface area contributed by atoms with Crippen molar-refractivity contribution in [2.75, 3.05) is 25.1 Å². The Morgan fingerprint density at radius 1 is 0.872 bits per heavy atom. The van der Waals surface area contributed by atoms with Gasteiger partial charge in [0.25, 0.3) is 5.91 Å². The Balaban J connectivity index is 1.65. The summed E-state index contributed by atoms with van der Waals surface area (Å²) in [5, 5.41) is 14.7. The van der Waals surface area contributed by atoms with Crippen molar-refractivity contribution in [3.05, 3.63) is 89.5 Å². The molecule has 0 radical (unpaired) electrons. The number of halogens is 3. The summed E-state index contributed by atoms with van der Waals surface area (Å²) in [6.07, 6.45) is -3.87. The molecule has 1 amide bonds. The minimum Gasteiger partial charge on any atom is -0.481 e. The molecule has 3 aromatic carbocycles. The highest BCUT2D eigenvalue weighted by molar-refractivity contribution is 5.94. The van der Waals surface area contributed by atoms with E-state index in [-0.39, 0.29) is 24.9 Å². The van der Waals surface area contributed by atoms with Gasteiger partial charge in [-0.1, -0.05) is 50.2 Å². The van der Waals surface area contributed by atoms with Crippen LogP contribution in [0.15, 0.2) is 72.8 Å². The molecule has 3 aromatic rings. The first kappa shape index (κ1) is 29.7. The fourth-order valence-corrected chi connectivity index (χ4v) is 3.91. The Morgan fingerprint density at radius 3 is 2.00 bits per heavy atom. The van der Waals surface area contributed by atoms with E-state index in [1.54, 1.807) is 24.3 Å². The molecule has 3 rings (SSSR count). The average molecular weight is 543 g/mol. The number of carbonyl (C=O) groups is 2. The number of aliphatic carboxylic acids is 1. The third-order valence-electron chi connectivity index (χ3n) is 5.89. The molecule has 1 atom stereocenters. The van der Waals surface area contributed by atoms with Gasteiger partial charge in [0.1, 0.15) is 0 Å². The average Bonchev–Trinajstić information content (AvgIpc) is 2.88. The van der Waals surface area contributed by atoms with Crippen molar-refractivity contribution in [1.29, 1.82) is 0 Å². The molecule has 0 aliphatic rings.